The first-order valence-corrected chi connectivity index (χ1v) is 10.7. The minimum absolute atomic E-state index is 0.0768. The van der Waals surface area contributed by atoms with Gasteiger partial charge in [-0.1, -0.05) is 49.8 Å². The summed E-state index contributed by atoms with van der Waals surface area (Å²) in [5.74, 6) is 0.192. The van der Waals surface area contributed by atoms with E-state index in [0.717, 1.165) is 35.4 Å². The van der Waals surface area contributed by atoms with Crippen LogP contribution in [0.15, 0.2) is 70.6 Å². The lowest BCUT2D eigenvalue weighted by atomic mass is 9.85. The first kappa shape index (κ1) is 21.8. The lowest BCUT2D eigenvalue weighted by molar-refractivity contribution is -0.133. The molecule has 5 nitrogen and oxygen atoms in total. The number of fused-ring (bicyclic) bond motifs is 1. The molecule has 0 atom stereocenters. The fourth-order valence-electron chi connectivity index (χ4n) is 3.77. The van der Waals surface area contributed by atoms with Crippen LogP contribution in [-0.4, -0.2) is 22.3 Å². The maximum Gasteiger partial charge on any atom is 0.237 e. The second-order valence-electron chi connectivity index (χ2n) is 8.40. The number of Topliss-reactive ketones (excluding diaryl/α,β-unsaturated/α-hetero) is 1. The van der Waals surface area contributed by atoms with Gasteiger partial charge < -0.3 is 4.90 Å². The average molecular weight is 406 g/mol. The molecule has 1 aromatic rings. The highest BCUT2D eigenvalue weighted by atomic mass is 16.2. The molecular formula is C25H31N3O2. The van der Waals surface area contributed by atoms with Gasteiger partial charge in [0.05, 0.1) is 12.0 Å². The Bertz CT molecular complexity index is 936. The molecule has 0 aromatic heterocycles. The van der Waals surface area contributed by atoms with Crippen LogP contribution in [0.5, 0.6) is 0 Å². The summed E-state index contributed by atoms with van der Waals surface area (Å²) in [6.45, 7) is 8.32. The summed E-state index contributed by atoms with van der Waals surface area (Å²) in [4.78, 5) is 27.1. The van der Waals surface area contributed by atoms with Gasteiger partial charge in [0.25, 0.3) is 0 Å². The van der Waals surface area contributed by atoms with Crippen molar-refractivity contribution in [3.8, 4) is 0 Å². The number of hydrogen-bond acceptors (Lipinski definition) is 4. The maximum absolute atomic E-state index is 13.1. The number of carbonyl (C=O) groups is 2. The Morgan fingerprint density at radius 3 is 2.63 bits per heavy atom. The zero-order valence-electron chi connectivity index (χ0n) is 18.4. The number of hydrazone groups is 1. The molecule has 5 heteroatoms. The molecule has 1 N–H and O–H groups in total. The molecule has 30 heavy (non-hydrogen) atoms. The maximum atomic E-state index is 13.1. The van der Waals surface area contributed by atoms with E-state index >= 15 is 0 Å². The first-order valence-electron chi connectivity index (χ1n) is 10.7. The predicted molar refractivity (Wildman–Crippen MR) is 120 cm³/mol. The highest BCUT2D eigenvalue weighted by Crippen LogP contribution is 2.45. The number of carbonyl (C=O) groups excluding carboxylic acids is 2. The van der Waals surface area contributed by atoms with Crippen LogP contribution in [-0.2, 0) is 16.1 Å². The van der Waals surface area contributed by atoms with Crippen LogP contribution in [0.1, 0.15) is 58.9 Å². The Balaban J connectivity index is 1.80. The molecule has 1 heterocycles. The molecule has 1 fully saturated rings. The molecule has 0 spiro atoms. The van der Waals surface area contributed by atoms with Gasteiger partial charge in [0.1, 0.15) is 5.71 Å². The quantitative estimate of drug-likeness (QED) is 0.495. The van der Waals surface area contributed by atoms with E-state index in [-0.39, 0.29) is 11.7 Å². The third-order valence-corrected chi connectivity index (χ3v) is 5.70. The van der Waals surface area contributed by atoms with Gasteiger partial charge in [-0.2, -0.15) is 5.10 Å². The fourth-order valence-corrected chi connectivity index (χ4v) is 3.77. The van der Waals surface area contributed by atoms with Crippen LogP contribution in [0.2, 0.25) is 0 Å². The topological polar surface area (TPSA) is 61.8 Å². The molecule has 0 radical (unpaired) electrons. The number of nitrogens with zero attached hydrogens (tertiary/aromatic N) is 2. The van der Waals surface area contributed by atoms with Crippen molar-refractivity contribution in [3.05, 3.63) is 71.1 Å². The number of benzene rings is 1. The van der Waals surface area contributed by atoms with Crippen LogP contribution in [0.3, 0.4) is 0 Å². The summed E-state index contributed by atoms with van der Waals surface area (Å²) in [6, 6.07) is 10.0. The van der Waals surface area contributed by atoms with Gasteiger partial charge in [0.15, 0.2) is 5.78 Å². The van der Waals surface area contributed by atoms with Gasteiger partial charge in [0.2, 0.25) is 5.91 Å². The summed E-state index contributed by atoms with van der Waals surface area (Å²) >= 11 is 0. The minimum Gasteiger partial charge on any atom is -0.307 e. The zero-order chi connectivity index (χ0) is 21.7. The summed E-state index contributed by atoms with van der Waals surface area (Å²) in [5, 5.41) is 4.28. The molecule has 2 aliphatic rings. The molecule has 1 aliphatic carbocycles. The van der Waals surface area contributed by atoms with E-state index in [4.69, 9.17) is 0 Å². The Labute approximate surface area is 179 Å². The molecular weight excluding hydrogens is 374 g/mol. The second-order valence-corrected chi connectivity index (χ2v) is 8.40. The van der Waals surface area contributed by atoms with Gasteiger partial charge in [-0.3, -0.25) is 15.0 Å². The van der Waals surface area contributed by atoms with Crippen molar-refractivity contribution >= 4 is 17.4 Å². The van der Waals surface area contributed by atoms with Crippen molar-refractivity contribution in [1.82, 2.24) is 10.3 Å². The van der Waals surface area contributed by atoms with Crippen molar-refractivity contribution in [1.29, 1.82) is 0 Å². The number of amides is 1. The molecule has 1 saturated heterocycles. The fraction of sp³-hybridized carbons (Fsp3) is 0.400. The lowest BCUT2D eigenvalue weighted by Crippen LogP contribution is -2.30. The Morgan fingerprint density at radius 2 is 1.93 bits per heavy atom. The van der Waals surface area contributed by atoms with Crippen LogP contribution in [0, 0.1) is 5.41 Å². The Kier molecular flexibility index (Phi) is 6.70. The third kappa shape index (κ3) is 4.61. The lowest BCUT2D eigenvalue weighted by Gasteiger charge is -2.19. The van der Waals surface area contributed by atoms with Crippen molar-refractivity contribution in [3.63, 3.8) is 0 Å². The number of nitrogens with one attached hydrogen (secondary N) is 1. The van der Waals surface area contributed by atoms with E-state index in [0.29, 0.717) is 25.1 Å². The molecule has 1 aromatic carbocycles. The highest BCUT2D eigenvalue weighted by molar-refractivity contribution is 6.38. The van der Waals surface area contributed by atoms with Crippen molar-refractivity contribution in [2.45, 2.75) is 59.9 Å². The number of hydrogen-bond donors (Lipinski definition) is 1. The molecule has 1 amide bonds. The minimum atomic E-state index is -0.570. The van der Waals surface area contributed by atoms with Gasteiger partial charge >= 0.3 is 0 Å². The van der Waals surface area contributed by atoms with E-state index in [2.05, 4.69) is 23.5 Å². The Morgan fingerprint density at radius 1 is 1.20 bits per heavy atom. The van der Waals surface area contributed by atoms with Crippen LogP contribution >= 0.6 is 0 Å². The summed E-state index contributed by atoms with van der Waals surface area (Å²) in [6.07, 6.45) is 9.08. The van der Waals surface area contributed by atoms with Crippen molar-refractivity contribution < 1.29 is 9.59 Å². The predicted octanol–water partition coefficient (Wildman–Crippen LogP) is 4.88. The number of allylic oxidation sites excluding steroid dienone is 4. The second kappa shape index (κ2) is 9.24. The van der Waals surface area contributed by atoms with Crippen LogP contribution in [0.25, 0.3) is 0 Å². The SMILES string of the molecule is CCCCC(=O)/C(C)=N/NC1=CC=C2C(=CC1)C(C)(C)C(=O)N2Cc1ccccc1. The monoisotopic (exact) mass is 405 g/mol. The molecule has 3 rings (SSSR count). The molecule has 0 saturated carbocycles. The van der Waals surface area contributed by atoms with Gasteiger partial charge in [-0.15, -0.1) is 0 Å². The van der Waals surface area contributed by atoms with Crippen LogP contribution < -0.4 is 5.43 Å². The highest BCUT2D eigenvalue weighted by Gasteiger charge is 2.46. The van der Waals surface area contributed by atoms with Gasteiger partial charge in [0, 0.05) is 24.2 Å². The first-order chi connectivity index (χ1) is 14.3. The number of rotatable bonds is 8. The van der Waals surface area contributed by atoms with E-state index in [1.54, 1.807) is 6.92 Å². The summed E-state index contributed by atoms with van der Waals surface area (Å²) in [7, 11) is 0. The number of ketones is 1. The zero-order valence-corrected chi connectivity index (χ0v) is 18.4. The summed E-state index contributed by atoms with van der Waals surface area (Å²) in [5.41, 5.74) is 6.94. The summed E-state index contributed by atoms with van der Waals surface area (Å²) < 4.78 is 0. The number of likely N-dealkylation sites (tertiary alicyclic amines) is 1. The van der Waals surface area contributed by atoms with Gasteiger partial charge in [-0.05, 0) is 50.5 Å². The molecule has 1 aliphatic heterocycles. The smallest absolute Gasteiger partial charge is 0.237 e. The van der Waals surface area contributed by atoms with E-state index in [1.807, 2.05) is 61.2 Å². The third-order valence-electron chi connectivity index (χ3n) is 5.70. The molecule has 0 bridgehead atoms. The standard InChI is InChI=1S/C25H31N3O2/c1-5-6-12-23(29)18(2)26-27-20-13-15-21-22(16-14-20)28(24(30)25(21,3)4)17-19-10-8-7-9-11-19/h7-11,14-16,27H,5-6,12-13,17H2,1-4H3/b26-18+. The van der Waals surface area contributed by atoms with E-state index < -0.39 is 5.41 Å². The van der Waals surface area contributed by atoms with Crippen molar-refractivity contribution in [2.75, 3.05) is 0 Å². The average Bonchev–Trinajstić information content (AvgIpc) is 2.89. The molecule has 158 valence electrons. The normalized spacial score (nSPS) is 18.3. The van der Waals surface area contributed by atoms with Gasteiger partial charge in [-0.25, -0.2) is 0 Å². The van der Waals surface area contributed by atoms with Crippen LogP contribution in [0.4, 0.5) is 0 Å². The Hall–Kier alpha value is -2.95. The molecule has 0 unspecified atom stereocenters. The van der Waals surface area contributed by atoms with E-state index in [9.17, 15) is 9.59 Å². The van der Waals surface area contributed by atoms with Crippen molar-refractivity contribution in [2.24, 2.45) is 10.5 Å². The van der Waals surface area contributed by atoms with E-state index in [1.165, 1.54) is 0 Å². The number of unbranched alkanes of at least 4 members (excludes halogenated alkanes) is 1. The largest absolute Gasteiger partial charge is 0.307 e.